The largest absolute Gasteiger partial charge is 0.448 e. The molecule has 1 saturated carbocycles. The fourth-order valence-corrected chi connectivity index (χ4v) is 3.88. The molecule has 2 atom stereocenters. The third-order valence-corrected chi connectivity index (χ3v) is 5.87. The van der Waals surface area contributed by atoms with E-state index < -0.39 is 36.5 Å². The van der Waals surface area contributed by atoms with E-state index in [9.17, 15) is 18.4 Å². The van der Waals surface area contributed by atoms with Crippen LogP contribution in [0.4, 0.5) is 8.78 Å². The van der Waals surface area contributed by atoms with Crippen molar-refractivity contribution in [3.8, 4) is 0 Å². The van der Waals surface area contributed by atoms with E-state index in [-0.39, 0.29) is 18.5 Å². The molecule has 1 aromatic heterocycles. The van der Waals surface area contributed by atoms with Crippen LogP contribution in [0.2, 0.25) is 0 Å². The summed E-state index contributed by atoms with van der Waals surface area (Å²) in [6.45, 7) is 8.01. The number of carbonyl (C=O) groups is 2. The van der Waals surface area contributed by atoms with Crippen LogP contribution in [0.15, 0.2) is 47.3 Å². The Morgan fingerprint density at radius 3 is 2.87 bits per heavy atom. The van der Waals surface area contributed by atoms with E-state index in [1.807, 2.05) is 25.2 Å². The molecule has 1 N–H and O–H groups in total. The second-order valence-corrected chi connectivity index (χ2v) is 8.34. The lowest BCUT2D eigenvalue weighted by molar-refractivity contribution is -0.150. The topological polar surface area (TPSA) is 75.4 Å². The first kappa shape index (κ1) is 22.9. The summed E-state index contributed by atoms with van der Waals surface area (Å²) >= 11 is 0. The van der Waals surface area contributed by atoms with Crippen LogP contribution in [0.1, 0.15) is 50.6 Å². The summed E-state index contributed by atoms with van der Waals surface area (Å²) in [4.78, 5) is 31.3. The number of amides is 2. The van der Waals surface area contributed by atoms with Gasteiger partial charge in [-0.1, -0.05) is 43.4 Å². The molecule has 0 radical (unpaired) electrons. The van der Waals surface area contributed by atoms with Gasteiger partial charge in [0.15, 0.2) is 6.39 Å². The fraction of sp³-hybridized carbons (Fsp3) is 0.522. The summed E-state index contributed by atoms with van der Waals surface area (Å²) in [5.41, 5.74) is 1.78. The third-order valence-electron chi connectivity index (χ3n) is 5.87. The number of alkyl halides is 2. The van der Waals surface area contributed by atoms with E-state index >= 15 is 0 Å². The highest BCUT2D eigenvalue weighted by atomic mass is 19.3. The molecule has 168 valence electrons. The number of halogens is 2. The average molecular weight is 433 g/mol. The molecule has 0 saturated heterocycles. The van der Waals surface area contributed by atoms with E-state index in [0.29, 0.717) is 19.4 Å². The average Bonchev–Trinajstić information content (AvgIpc) is 3.21. The van der Waals surface area contributed by atoms with Gasteiger partial charge in [-0.05, 0) is 13.3 Å². The maximum atomic E-state index is 13.1. The zero-order valence-corrected chi connectivity index (χ0v) is 17.9. The van der Waals surface area contributed by atoms with Crippen LogP contribution < -0.4 is 5.32 Å². The Morgan fingerprint density at radius 2 is 2.19 bits per heavy atom. The van der Waals surface area contributed by atoms with Gasteiger partial charge in [-0.3, -0.25) is 9.59 Å². The predicted octanol–water partition coefficient (Wildman–Crippen LogP) is 3.98. The van der Waals surface area contributed by atoms with Crippen molar-refractivity contribution in [3.63, 3.8) is 0 Å². The minimum atomic E-state index is -2.74. The number of rotatable bonds is 8. The first-order chi connectivity index (χ1) is 14.7. The SMILES string of the molecule is C=C/C(C)=C\C=C/CC1c2ncoc2CCN1C(=O)C(C)CNC(=O)C1CC(F)(F)C1. The molecule has 0 bridgehead atoms. The van der Waals surface area contributed by atoms with Gasteiger partial charge >= 0.3 is 0 Å². The molecule has 2 amide bonds. The van der Waals surface area contributed by atoms with Crippen molar-refractivity contribution < 1.29 is 22.8 Å². The summed E-state index contributed by atoms with van der Waals surface area (Å²) in [5, 5.41) is 2.66. The van der Waals surface area contributed by atoms with Crippen molar-refractivity contribution in [2.45, 2.75) is 51.5 Å². The summed E-state index contributed by atoms with van der Waals surface area (Å²) < 4.78 is 31.4. The Bertz CT molecular complexity index is 882. The molecular weight excluding hydrogens is 404 g/mol. The molecule has 2 unspecified atom stereocenters. The summed E-state index contributed by atoms with van der Waals surface area (Å²) in [6.07, 6.45) is 9.31. The van der Waals surface area contributed by atoms with Crippen molar-refractivity contribution in [3.05, 3.63) is 54.3 Å². The van der Waals surface area contributed by atoms with Crippen LogP contribution in [0.25, 0.3) is 0 Å². The van der Waals surface area contributed by atoms with Crippen LogP contribution in [0.3, 0.4) is 0 Å². The van der Waals surface area contributed by atoms with Crippen LogP contribution in [0, 0.1) is 11.8 Å². The van der Waals surface area contributed by atoms with Gasteiger partial charge < -0.3 is 14.6 Å². The van der Waals surface area contributed by atoms with Gasteiger partial charge in [0.25, 0.3) is 0 Å². The zero-order valence-electron chi connectivity index (χ0n) is 17.9. The number of fused-ring (bicyclic) bond motifs is 1. The number of carbonyl (C=O) groups excluding carboxylic acids is 2. The molecule has 6 nitrogen and oxygen atoms in total. The molecular formula is C23H29F2N3O3. The molecule has 1 aromatic rings. The molecule has 1 aliphatic carbocycles. The van der Waals surface area contributed by atoms with Crippen LogP contribution in [0.5, 0.6) is 0 Å². The van der Waals surface area contributed by atoms with Crippen molar-refractivity contribution in [2.24, 2.45) is 11.8 Å². The molecule has 8 heteroatoms. The Morgan fingerprint density at radius 1 is 1.45 bits per heavy atom. The maximum absolute atomic E-state index is 13.1. The molecule has 2 aliphatic rings. The monoisotopic (exact) mass is 433 g/mol. The van der Waals surface area contributed by atoms with Crippen molar-refractivity contribution in [2.75, 3.05) is 13.1 Å². The van der Waals surface area contributed by atoms with E-state index in [0.717, 1.165) is 17.0 Å². The lowest BCUT2D eigenvalue weighted by Gasteiger charge is -2.36. The first-order valence-electron chi connectivity index (χ1n) is 10.6. The molecule has 3 rings (SSSR count). The van der Waals surface area contributed by atoms with E-state index in [2.05, 4.69) is 16.9 Å². The van der Waals surface area contributed by atoms with Gasteiger partial charge in [0.2, 0.25) is 17.7 Å². The van der Waals surface area contributed by atoms with Gasteiger partial charge in [0.1, 0.15) is 11.5 Å². The Hall–Kier alpha value is -2.77. The molecule has 0 aromatic carbocycles. The highest BCUT2D eigenvalue weighted by molar-refractivity contribution is 5.82. The number of nitrogens with one attached hydrogen (secondary N) is 1. The number of allylic oxidation sites excluding steroid dienone is 4. The van der Waals surface area contributed by atoms with E-state index in [1.165, 1.54) is 6.39 Å². The summed E-state index contributed by atoms with van der Waals surface area (Å²) in [7, 11) is 0. The lowest BCUT2D eigenvalue weighted by atomic mass is 9.80. The Balaban J connectivity index is 1.62. The van der Waals surface area contributed by atoms with Gasteiger partial charge in [-0.15, -0.1) is 0 Å². The molecule has 31 heavy (non-hydrogen) atoms. The Kier molecular flexibility index (Phi) is 7.08. The Labute approximate surface area is 181 Å². The first-order valence-corrected chi connectivity index (χ1v) is 10.6. The van der Waals surface area contributed by atoms with Gasteiger partial charge in [-0.2, -0.15) is 0 Å². The van der Waals surface area contributed by atoms with Gasteiger partial charge in [0.05, 0.1) is 12.0 Å². The summed E-state index contributed by atoms with van der Waals surface area (Å²) in [5.74, 6) is -3.63. The summed E-state index contributed by atoms with van der Waals surface area (Å²) in [6, 6.07) is -0.257. The third kappa shape index (κ3) is 5.48. The normalized spacial score (nSPS) is 22.0. The van der Waals surface area contributed by atoms with E-state index in [1.54, 1.807) is 17.9 Å². The highest BCUT2D eigenvalue weighted by Crippen LogP contribution is 2.42. The van der Waals surface area contributed by atoms with Crippen LogP contribution >= 0.6 is 0 Å². The fourth-order valence-electron chi connectivity index (χ4n) is 3.88. The number of hydrogen-bond donors (Lipinski definition) is 1. The lowest BCUT2D eigenvalue weighted by Crippen LogP contribution is -2.48. The van der Waals surface area contributed by atoms with Gasteiger partial charge in [-0.25, -0.2) is 13.8 Å². The standard InChI is InChI=1S/C23H29F2N3O3/c1-4-15(2)7-5-6-8-18-20-19(31-14-27-20)9-10-28(18)22(30)16(3)13-26-21(29)17-11-23(24,25)12-17/h4-7,14,16-18H,1,8-13H2,2-3H3,(H,26,29)/b6-5-,15-7-. The van der Waals surface area contributed by atoms with E-state index in [4.69, 9.17) is 4.42 Å². The maximum Gasteiger partial charge on any atom is 0.249 e. The van der Waals surface area contributed by atoms with Crippen molar-refractivity contribution in [1.29, 1.82) is 0 Å². The molecule has 1 fully saturated rings. The zero-order chi connectivity index (χ0) is 22.6. The highest BCUT2D eigenvalue weighted by Gasteiger charge is 2.48. The minimum Gasteiger partial charge on any atom is -0.448 e. The number of aromatic nitrogens is 1. The van der Waals surface area contributed by atoms with Crippen LogP contribution in [-0.4, -0.2) is 40.7 Å². The van der Waals surface area contributed by atoms with Crippen molar-refractivity contribution >= 4 is 11.8 Å². The predicted molar refractivity (Wildman–Crippen MR) is 112 cm³/mol. The second-order valence-electron chi connectivity index (χ2n) is 8.34. The van der Waals surface area contributed by atoms with Gasteiger partial charge in [0, 0.05) is 38.3 Å². The molecule has 2 heterocycles. The number of nitrogens with zero attached hydrogens (tertiary/aromatic N) is 2. The van der Waals surface area contributed by atoms with Crippen LogP contribution in [-0.2, 0) is 16.0 Å². The minimum absolute atomic E-state index is 0.107. The number of hydrogen-bond acceptors (Lipinski definition) is 4. The quantitative estimate of drug-likeness (QED) is 0.630. The van der Waals surface area contributed by atoms with Crippen molar-refractivity contribution in [1.82, 2.24) is 15.2 Å². The molecule has 0 spiro atoms. The number of oxazole rings is 1. The smallest absolute Gasteiger partial charge is 0.249 e. The second kappa shape index (κ2) is 9.58. The molecule has 1 aliphatic heterocycles.